The highest BCUT2D eigenvalue weighted by Crippen LogP contribution is 2.23. The van der Waals surface area contributed by atoms with Crippen LogP contribution < -0.4 is 0 Å². The molecule has 118 valence electrons. The first-order valence-corrected chi connectivity index (χ1v) is 7.79. The first kappa shape index (κ1) is 15.6. The number of hydrogen-bond donors (Lipinski definition) is 0. The van der Waals surface area contributed by atoms with Crippen LogP contribution in [0.15, 0.2) is 47.1 Å². The topological polar surface area (TPSA) is 60.5 Å². The lowest BCUT2D eigenvalue weighted by molar-refractivity contribution is 0.0576. The number of nitrogens with zero attached hydrogens (tertiary/aromatic N) is 3. The van der Waals surface area contributed by atoms with Gasteiger partial charge in [-0.05, 0) is 29.8 Å². The van der Waals surface area contributed by atoms with E-state index in [2.05, 4.69) is 11.0 Å². The summed E-state index contributed by atoms with van der Waals surface area (Å²) in [5.41, 5.74) is 0.919. The zero-order valence-corrected chi connectivity index (χ0v) is 13.2. The normalized spacial score (nSPS) is 16.8. The standard InChI is InChI=1S/C17H16ClN3O2/c18-14-5-3-13(4-6-14)15(12-19)20-7-9-21(10-8-20)17(22)16-2-1-11-23-16/h1-6,11,15H,7-10H2. The van der Waals surface area contributed by atoms with E-state index in [1.54, 1.807) is 29.2 Å². The predicted molar refractivity (Wildman–Crippen MR) is 86.0 cm³/mol. The van der Waals surface area contributed by atoms with Crippen molar-refractivity contribution in [1.29, 1.82) is 5.26 Å². The zero-order valence-electron chi connectivity index (χ0n) is 12.5. The third kappa shape index (κ3) is 3.39. The summed E-state index contributed by atoms with van der Waals surface area (Å²) >= 11 is 5.90. The van der Waals surface area contributed by atoms with Crippen LogP contribution >= 0.6 is 11.6 Å². The average Bonchev–Trinajstić information content (AvgIpc) is 3.12. The Hall–Kier alpha value is -2.29. The maximum atomic E-state index is 12.2. The third-order valence-corrected chi connectivity index (χ3v) is 4.26. The summed E-state index contributed by atoms with van der Waals surface area (Å²) in [6, 6.07) is 12.7. The molecule has 0 bridgehead atoms. The second kappa shape index (κ2) is 6.86. The molecule has 2 heterocycles. The van der Waals surface area contributed by atoms with E-state index >= 15 is 0 Å². The fourth-order valence-corrected chi connectivity index (χ4v) is 2.88. The number of benzene rings is 1. The smallest absolute Gasteiger partial charge is 0.289 e. The number of piperazine rings is 1. The van der Waals surface area contributed by atoms with Crippen LogP contribution in [0.5, 0.6) is 0 Å². The Morgan fingerprint density at radius 1 is 1.17 bits per heavy atom. The van der Waals surface area contributed by atoms with Crippen molar-refractivity contribution in [1.82, 2.24) is 9.80 Å². The van der Waals surface area contributed by atoms with Crippen molar-refractivity contribution in [2.75, 3.05) is 26.2 Å². The van der Waals surface area contributed by atoms with Crippen LogP contribution in [0.1, 0.15) is 22.2 Å². The van der Waals surface area contributed by atoms with Gasteiger partial charge in [-0.1, -0.05) is 23.7 Å². The molecular formula is C17H16ClN3O2. The molecule has 2 aromatic rings. The maximum Gasteiger partial charge on any atom is 0.289 e. The van der Waals surface area contributed by atoms with Gasteiger partial charge in [-0.3, -0.25) is 9.69 Å². The summed E-state index contributed by atoms with van der Waals surface area (Å²) in [4.78, 5) is 16.1. The van der Waals surface area contributed by atoms with Crippen molar-refractivity contribution in [3.63, 3.8) is 0 Å². The molecule has 5 nitrogen and oxygen atoms in total. The van der Waals surface area contributed by atoms with Gasteiger partial charge in [0.05, 0.1) is 12.3 Å². The number of halogens is 1. The highest BCUT2D eigenvalue weighted by atomic mass is 35.5. The highest BCUT2D eigenvalue weighted by molar-refractivity contribution is 6.30. The molecule has 1 aromatic heterocycles. The molecule has 6 heteroatoms. The second-order valence-electron chi connectivity index (χ2n) is 5.39. The van der Waals surface area contributed by atoms with Gasteiger partial charge in [0, 0.05) is 31.2 Å². The molecule has 0 aliphatic carbocycles. The molecule has 0 spiro atoms. The Balaban J connectivity index is 1.64. The molecule has 0 saturated carbocycles. The fourth-order valence-electron chi connectivity index (χ4n) is 2.75. The van der Waals surface area contributed by atoms with Crippen LogP contribution in [0.4, 0.5) is 0 Å². The maximum absolute atomic E-state index is 12.2. The molecule has 3 rings (SSSR count). The van der Waals surface area contributed by atoms with Crippen LogP contribution in [-0.4, -0.2) is 41.9 Å². The number of furan rings is 1. The molecule has 1 aliphatic heterocycles. The lowest BCUT2D eigenvalue weighted by Crippen LogP contribution is -2.49. The third-order valence-electron chi connectivity index (χ3n) is 4.01. The van der Waals surface area contributed by atoms with Gasteiger partial charge in [-0.15, -0.1) is 0 Å². The molecule has 1 atom stereocenters. The fraction of sp³-hybridized carbons (Fsp3) is 0.294. The predicted octanol–water partition coefficient (Wildman–Crippen LogP) is 2.96. The van der Waals surface area contributed by atoms with Gasteiger partial charge in [-0.2, -0.15) is 5.26 Å². The molecule has 1 amide bonds. The van der Waals surface area contributed by atoms with Crippen molar-refractivity contribution < 1.29 is 9.21 Å². The zero-order chi connectivity index (χ0) is 16.2. The monoisotopic (exact) mass is 329 g/mol. The van der Waals surface area contributed by atoms with Gasteiger partial charge >= 0.3 is 0 Å². The number of amides is 1. The largest absolute Gasteiger partial charge is 0.459 e. The van der Waals surface area contributed by atoms with Gasteiger partial charge in [-0.25, -0.2) is 0 Å². The summed E-state index contributed by atoms with van der Waals surface area (Å²) in [5, 5.41) is 10.2. The minimum Gasteiger partial charge on any atom is -0.459 e. The van der Waals surface area contributed by atoms with E-state index in [0.717, 1.165) is 5.56 Å². The highest BCUT2D eigenvalue weighted by Gasteiger charge is 2.28. The molecule has 1 saturated heterocycles. The lowest BCUT2D eigenvalue weighted by Gasteiger charge is -2.36. The first-order valence-electron chi connectivity index (χ1n) is 7.41. The summed E-state index contributed by atoms with van der Waals surface area (Å²) in [7, 11) is 0. The number of carbonyl (C=O) groups is 1. The second-order valence-corrected chi connectivity index (χ2v) is 5.83. The minimum absolute atomic E-state index is 0.102. The SMILES string of the molecule is N#CC(c1ccc(Cl)cc1)N1CCN(C(=O)c2ccco2)CC1. The van der Waals surface area contributed by atoms with E-state index in [9.17, 15) is 10.1 Å². The van der Waals surface area contributed by atoms with Crippen molar-refractivity contribution in [3.05, 3.63) is 59.0 Å². The average molecular weight is 330 g/mol. The van der Waals surface area contributed by atoms with Crippen LogP contribution in [0.2, 0.25) is 5.02 Å². The summed E-state index contributed by atoms with van der Waals surface area (Å²) in [5.74, 6) is 0.252. The molecule has 0 N–H and O–H groups in total. The van der Waals surface area contributed by atoms with Gasteiger partial charge in [0.1, 0.15) is 6.04 Å². The molecule has 23 heavy (non-hydrogen) atoms. The Morgan fingerprint density at radius 2 is 1.87 bits per heavy atom. The van der Waals surface area contributed by atoms with Crippen LogP contribution in [-0.2, 0) is 0 Å². The van der Waals surface area contributed by atoms with E-state index in [1.807, 2.05) is 12.1 Å². The van der Waals surface area contributed by atoms with Crippen molar-refractivity contribution in [2.45, 2.75) is 6.04 Å². The van der Waals surface area contributed by atoms with E-state index in [-0.39, 0.29) is 11.9 Å². The first-order chi connectivity index (χ1) is 11.2. The molecule has 1 aliphatic rings. The van der Waals surface area contributed by atoms with E-state index in [1.165, 1.54) is 6.26 Å². The van der Waals surface area contributed by atoms with Crippen LogP contribution in [0.3, 0.4) is 0 Å². The van der Waals surface area contributed by atoms with Gasteiger partial charge < -0.3 is 9.32 Å². The van der Waals surface area contributed by atoms with Gasteiger partial charge in [0.15, 0.2) is 5.76 Å². The summed E-state index contributed by atoms with van der Waals surface area (Å²) in [6.07, 6.45) is 1.50. The van der Waals surface area contributed by atoms with Crippen molar-refractivity contribution >= 4 is 17.5 Å². The molecule has 0 radical (unpaired) electrons. The van der Waals surface area contributed by atoms with Crippen molar-refractivity contribution in [3.8, 4) is 6.07 Å². The molecule has 1 unspecified atom stereocenters. The van der Waals surface area contributed by atoms with Gasteiger partial charge in [0.2, 0.25) is 0 Å². The van der Waals surface area contributed by atoms with E-state index in [0.29, 0.717) is 37.0 Å². The Labute approximate surface area is 139 Å². The lowest BCUT2D eigenvalue weighted by atomic mass is 10.1. The number of hydrogen-bond acceptors (Lipinski definition) is 4. The summed E-state index contributed by atoms with van der Waals surface area (Å²) < 4.78 is 5.15. The Morgan fingerprint density at radius 3 is 2.43 bits per heavy atom. The molecule has 1 fully saturated rings. The number of rotatable bonds is 3. The Bertz CT molecular complexity index is 698. The quantitative estimate of drug-likeness (QED) is 0.868. The van der Waals surface area contributed by atoms with Crippen LogP contribution in [0, 0.1) is 11.3 Å². The van der Waals surface area contributed by atoms with E-state index < -0.39 is 0 Å². The number of nitriles is 1. The van der Waals surface area contributed by atoms with Gasteiger partial charge in [0.25, 0.3) is 5.91 Å². The van der Waals surface area contributed by atoms with Crippen LogP contribution in [0.25, 0.3) is 0 Å². The minimum atomic E-state index is -0.326. The molecule has 1 aromatic carbocycles. The Kier molecular flexibility index (Phi) is 4.65. The number of carbonyl (C=O) groups excluding carboxylic acids is 1. The molecular weight excluding hydrogens is 314 g/mol. The van der Waals surface area contributed by atoms with Crippen molar-refractivity contribution in [2.24, 2.45) is 0 Å². The van der Waals surface area contributed by atoms with E-state index in [4.69, 9.17) is 16.0 Å². The summed E-state index contributed by atoms with van der Waals surface area (Å²) in [6.45, 7) is 2.44.